The zero-order valence-electron chi connectivity index (χ0n) is 21.1. The van der Waals surface area contributed by atoms with Crippen molar-refractivity contribution >= 4 is 35.0 Å². The molecule has 194 valence electrons. The fourth-order valence-electron chi connectivity index (χ4n) is 3.86. The molecule has 0 saturated heterocycles. The normalized spacial score (nSPS) is 10.6. The van der Waals surface area contributed by atoms with Crippen LogP contribution in [0.15, 0.2) is 114 Å². The van der Waals surface area contributed by atoms with Gasteiger partial charge in [0.1, 0.15) is 5.75 Å². The zero-order chi connectivity index (χ0) is 27.0. The first-order chi connectivity index (χ1) is 19.1. The van der Waals surface area contributed by atoms with Crippen LogP contribution in [0, 0.1) is 0 Å². The molecular weight excluding hydrogens is 510 g/mol. The SMILES string of the molecule is COc1ccc(NC(=O)c2ccc(NC(=O)CSc3nnc(-c4ccccc4)n3-c3ccccc3)cc2)cc1. The molecule has 1 heterocycles. The van der Waals surface area contributed by atoms with Crippen molar-refractivity contribution in [3.05, 3.63) is 115 Å². The number of rotatable bonds is 9. The van der Waals surface area contributed by atoms with Crippen molar-refractivity contribution in [2.24, 2.45) is 0 Å². The first kappa shape index (κ1) is 25.7. The molecule has 0 atom stereocenters. The number of aromatic nitrogens is 3. The smallest absolute Gasteiger partial charge is 0.255 e. The summed E-state index contributed by atoms with van der Waals surface area (Å²) in [6, 6.07) is 33.4. The molecule has 39 heavy (non-hydrogen) atoms. The largest absolute Gasteiger partial charge is 0.497 e. The summed E-state index contributed by atoms with van der Waals surface area (Å²) in [7, 11) is 1.59. The molecule has 5 rings (SSSR count). The molecule has 0 unspecified atom stereocenters. The fraction of sp³-hybridized carbons (Fsp3) is 0.0667. The minimum Gasteiger partial charge on any atom is -0.497 e. The predicted molar refractivity (Wildman–Crippen MR) is 154 cm³/mol. The number of carbonyl (C=O) groups excluding carboxylic acids is 2. The molecule has 0 aliphatic heterocycles. The summed E-state index contributed by atoms with van der Waals surface area (Å²) in [5.74, 6) is 1.11. The molecule has 0 radical (unpaired) electrons. The molecular formula is C30H25N5O3S. The number of amides is 2. The van der Waals surface area contributed by atoms with E-state index in [9.17, 15) is 9.59 Å². The molecule has 2 N–H and O–H groups in total. The summed E-state index contributed by atoms with van der Waals surface area (Å²) in [6.07, 6.45) is 0. The average Bonchev–Trinajstić information content (AvgIpc) is 3.42. The highest BCUT2D eigenvalue weighted by molar-refractivity contribution is 7.99. The molecule has 8 nitrogen and oxygen atoms in total. The topological polar surface area (TPSA) is 98.1 Å². The molecule has 4 aromatic carbocycles. The van der Waals surface area contributed by atoms with Crippen molar-refractivity contribution in [1.29, 1.82) is 0 Å². The van der Waals surface area contributed by atoms with Crippen LogP contribution in [0.2, 0.25) is 0 Å². The Labute approximate surface area is 230 Å². The monoisotopic (exact) mass is 535 g/mol. The Morgan fingerprint density at radius 2 is 1.38 bits per heavy atom. The van der Waals surface area contributed by atoms with Crippen LogP contribution in [0.25, 0.3) is 17.1 Å². The van der Waals surface area contributed by atoms with Crippen LogP contribution in [-0.4, -0.2) is 39.4 Å². The number of methoxy groups -OCH3 is 1. The van der Waals surface area contributed by atoms with E-state index in [1.807, 2.05) is 65.2 Å². The van der Waals surface area contributed by atoms with Crippen LogP contribution in [0.5, 0.6) is 5.75 Å². The summed E-state index contributed by atoms with van der Waals surface area (Å²) in [4.78, 5) is 25.3. The maximum atomic E-state index is 12.7. The third kappa shape index (κ3) is 6.34. The van der Waals surface area contributed by atoms with Gasteiger partial charge < -0.3 is 15.4 Å². The van der Waals surface area contributed by atoms with Gasteiger partial charge in [-0.1, -0.05) is 60.3 Å². The molecule has 0 saturated carbocycles. The summed E-state index contributed by atoms with van der Waals surface area (Å²) in [6.45, 7) is 0. The lowest BCUT2D eigenvalue weighted by atomic mass is 10.2. The van der Waals surface area contributed by atoms with Crippen molar-refractivity contribution in [2.45, 2.75) is 5.16 Å². The number of nitrogens with one attached hydrogen (secondary N) is 2. The van der Waals surface area contributed by atoms with E-state index >= 15 is 0 Å². The van der Waals surface area contributed by atoms with Gasteiger partial charge in [0.15, 0.2) is 11.0 Å². The standard InChI is InChI=1S/C30H25N5O3S/c1-38-26-18-16-24(17-19-26)32-29(37)22-12-14-23(15-13-22)31-27(36)20-39-30-34-33-28(21-8-4-2-5-9-21)35(30)25-10-6-3-7-11-25/h2-19H,20H2,1H3,(H,31,36)(H,32,37). The predicted octanol–water partition coefficient (Wildman–Crippen LogP) is 5.93. The van der Waals surface area contributed by atoms with Crippen LogP contribution in [0.3, 0.4) is 0 Å². The molecule has 0 aliphatic rings. The molecule has 0 fully saturated rings. The number of anilines is 2. The van der Waals surface area contributed by atoms with E-state index in [-0.39, 0.29) is 17.6 Å². The van der Waals surface area contributed by atoms with Crippen LogP contribution in [0.4, 0.5) is 11.4 Å². The van der Waals surface area contributed by atoms with E-state index in [4.69, 9.17) is 4.74 Å². The van der Waals surface area contributed by atoms with E-state index in [1.54, 1.807) is 55.6 Å². The summed E-state index contributed by atoms with van der Waals surface area (Å²) >= 11 is 1.30. The molecule has 5 aromatic rings. The second kappa shape index (κ2) is 12.1. The van der Waals surface area contributed by atoms with E-state index < -0.39 is 0 Å². The summed E-state index contributed by atoms with van der Waals surface area (Å²) < 4.78 is 7.08. The lowest BCUT2D eigenvalue weighted by Gasteiger charge is -2.11. The first-order valence-electron chi connectivity index (χ1n) is 12.1. The highest BCUT2D eigenvalue weighted by Crippen LogP contribution is 2.28. The van der Waals surface area contributed by atoms with Gasteiger partial charge in [0, 0.05) is 28.2 Å². The van der Waals surface area contributed by atoms with Crippen LogP contribution >= 0.6 is 11.8 Å². The third-order valence-corrected chi connectivity index (χ3v) is 6.72. The summed E-state index contributed by atoms with van der Waals surface area (Å²) in [5.41, 5.74) is 3.57. The maximum absolute atomic E-state index is 12.7. The van der Waals surface area contributed by atoms with Gasteiger partial charge in [0.05, 0.1) is 12.9 Å². The minimum absolute atomic E-state index is 0.138. The Hall–Kier alpha value is -4.89. The highest BCUT2D eigenvalue weighted by atomic mass is 32.2. The van der Waals surface area contributed by atoms with Crippen LogP contribution < -0.4 is 15.4 Å². The lowest BCUT2D eigenvalue weighted by molar-refractivity contribution is -0.113. The Morgan fingerprint density at radius 1 is 0.769 bits per heavy atom. The second-order valence-electron chi connectivity index (χ2n) is 8.44. The van der Waals surface area contributed by atoms with Crippen LogP contribution in [0.1, 0.15) is 10.4 Å². The maximum Gasteiger partial charge on any atom is 0.255 e. The van der Waals surface area contributed by atoms with Gasteiger partial charge in [-0.2, -0.15) is 0 Å². The Bertz CT molecular complexity index is 1550. The van der Waals surface area contributed by atoms with E-state index in [2.05, 4.69) is 20.8 Å². The molecule has 0 bridgehead atoms. The Balaban J connectivity index is 1.22. The number of para-hydroxylation sites is 1. The van der Waals surface area contributed by atoms with Crippen molar-refractivity contribution in [3.63, 3.8) is 0 Å². The molecule has 9 heteroatoms. The highest BCUT2D eigenvalue weighted by Gasteiger charge is 2.17. The van der Waals surface area contributed by atoms with Gasteiger partial charge in [-0.25, -0.2) is 0 Å². The van der Waals surface area contributed by atoms with Gasteiger partial charge in [0.2, 0.25) is 5.91 Å². The number of thioether (sulfide) groups is 1. The summed E-state index contributed by atoms with van der Waals surface area (Å²) in [5, 5.41) is 15.1. The number of carbonyl (C=O) groups is 2. The van der Waals surface area contributed by atoms with Gasteiger partial charge in [0.25, 0.3) is 5.91 Å². The molecule has 0 spiro atoms. The van der Waals surface area contributed by atoms with Gasteiger partial charge in [-0.15, -0.1) is 10.2 Å². The first-order valence-corrected chi connectivity index (χ1v) is 13.1. The number of benzene rings is 4. The van der Waals surface area contributed by atoms with E-state index in [1.165, 1.54) is 11.8 Å². The fourth-order valence-corrected chi connectivity index (χ4v) is 4.61. The van der Waals surface area contributed by atoms with Crippen molar-refractivity contribution in [3.8, 4) is 22.8 Å². The second-order valence-corrected chi connectivity index (χ2v) is 9.38. The third-order valence-electron chi connectivity index (χ3n) is 5.79. The Morgan fingerprint density at radius 3 is 2.05 bits per heavy atom. The van der Waals surface area contributed by atoms with Crippen molar-refractivity contribution < 1.29 is 14.3 Å². The number of hydrogen-bond donors (Lipinski definition) is 2. The van der Waals surface area contributed by atoms with Crippen LogP contribution in [-0.2, 0) is 4.79 Å². The zero-order valence-corrected chi connectivity index (χ0v) is 21.9. The van der Waals surface area contributed by atoms with Gasteiger partial charge >= 0.3 is 0 Å². The van der Waals surface area contributed by atoms with E-state index in [0.717, 1.165) is 11.3 Å². The van der Waals surface area contributed by atoms with Gasteiger partial charge in [-0.05, 0) is 60.7 Å². The number of hydrogen-bond acceptors (Lipinski definition) is 6. The number of nitrogens with zero attached hydrogens (tertiary/aromatic N) is 3. The molecule has 0 aliphatic carbocycles. The average molecular weight is 536 g/mol. The Kier molecular flexibility index (Phi) is 7.99. The van der Waals surface area contributed by atoms with Gasteiger partial charge in [-0.3, -0.25) is 14.2 Å². The van der Waals surface area contributed by atoms with Crippen molar-refractivity contribution in [1.82, 2.24) is 14.8 Å². The minimum atomic E-state index is -0.247. The molecule has 2 amide bonds. The number of ether oxygens (including phenoxy) is 1. The molecule has 1 aromatic heterocycles. The lowest BCUT2D eigenvalue weighted by Crippen LogP contribution is -2.15. The quantitative estimate of drug-likeness (QED) is 0.227. The van der Waals surface area contributed by atoms with Crippen molar-refractivity contribution in [2.75, 3.05) is 23.5 Å². The van der Waals surface area contributed by atoms with E-state index in [0.29, 0.717) is 33.7 Å².